The second-order valence-corrected chi connectivity index (χ2v) is 6.97. The van der Waals surface area contributed by atoms with Crippen LogP contribution in [0.1, 0.15) is 29.0 Å². The summed E-state index contributed by atoms with van der Waals surface area (Å²) in [5.74, 6) is 1.44. The monoisotopic (exact) mass is 325 g/mol. The average Bonchev–Trinajstić information content (AvgIpc) is 3.06. The number of nitrogens with one attached hydrogen (secondary N) is 1. The number of carbonyl (C=O) groups is 1. The summed E-state index contributed by atoms with van der Waals surface area (Å²) in [5, 5.41) is 3.15. The van der Waals surface area contributed by atoms with E-state index in [1.807, 2.05) is 31.2 Å². The van der Waals surface area contributed by atoms with Crippen molar-refractivity contribution >= 4 is 11.6 Å². The summed E-state index contributed by atoms with van der Waals surface area (Å²) in [4.78, 5) is 14.9. The van der Waals surface area contributed by atoms with E-state index in [1.54, 1.807) is 6.07 Å². The number of hydrogen-bond acceptors (Lipinski definition) is 4. The molecule has 1 aromatic heterocycles. The van der Waals surface area contributed by atoms with Crippen LogP contribution >= 0.6 is 0 Å². The van der Waals surface area contributed by atoms with Crippen LogP contribution in [0.15, 0.2) is 34.7 Å². The lowest BCUT2D eigenvalue weighted by molar-refractivity contribution is 0.0606. The molecular weight excluding hydrogens is 302 g/mol. The number of piperidine rings is 3. The van der Waals surface area contributed by atoms with Crippen molar-refractivity contribution in [2.45, 2.75) is 25.8 Å². The maximum atomic E-state index is 12.5. The molecule has 1 aromatic carbocycles. The summed E-state index contributed by atoms with van der Waals surface area (Å²) < 4.78 is 5.77. The molecule has 0 aliphatic carbocycles. The van der Waals surface area contributed by atoms with Crippen LogP contribution in [-0.4, -0.2) is 36.5 Å². The van der Waals surface area contributed by atoms with E-state index in [-0.39, 0.29) is 11.9 Å². The molecule has 4 heterocycles. The van der Waals surface area contributed by atoms with Crippen LogP contribution in [-0.2, 0) is 0 Å². The molecule has 2 bridgehead atoms. The van der Waals surface area contributed by atoms with Gasteiger partial charge in [0.1, 0.15) is 5.76 Å². The number of fused-ring (bicyclic) bond motifs is 3. The molecular formula is C19H23N3O2. The fourth-order valence-corrected chi connectivity index (χ4v) is 3.88. The molecule has 5 heteroatoms. The molecule has 0 radical (unpaired) electrons. The molecule has 126 valence electrons. The number of hydrogen-bond donors (Lipinski definition) is 2. The molecule has 3 N–H and O–H groups in total. The standard InChI is InChI=1S/C19H23N3O2/c1-12-2-3-14(15(20)10-12)17-4-5-18(24-17)19(23)21-16-11-22-8-6-13(16)7-9-22/h2-5,10,13,16H,6-9,11,20H2,1H3,(H,21,23)/t16-/m0/s1. The molecule has 2 aromatic rings. The number of furan rings is 1. The van der Waals surface area contributed by atoms with E-state index < -0.39 is 0 Å². The first-order valence-electron chi connectivity index (χ1n) is 8.60. The van der Waals surface area contributed by atoms with E-state index in [1.165, 1.54) is 12.8 Å². The number of aryl methyl sites for hydroxylation is 1. The van der Waals surface area contributed by atoms with Crippen LogP contribution in [0.5, 0.6) is 0 Å². The normalized spacial score (nSPS) is 25.6. The first-order valence-corrected chi connectivity index (χ1v) is 8.60. The van der Waals surface area contributed by atoms with Gasteiger partial charge < -0.3 is 20.4 Å². The SMILES string of the molecule is Cc1ccc(-c2ccc(C(=O)N[C@H]3CN4CCC3CC4)o2)c(N)c1. The number of amides is 1. The topological polar surface area (TPSA) is 71.5 Å². The van der Waals surface area contributed by atoms with Crippen molar-refractivity contribution < 1.29 is 9.21 Å². The van der Waals surface area contributed by atoms with Crippen LogP contribution < -0.4 is 11.1 Å². The number of benzene rings is 1. The number of carbonyl (C=O) groups excluding carboxylic acids is 1. The smallest absolute Gasteiger partial charge is 0.287 e. The Morgan fingerprint density at radius 3 is 2.71 bits per heavy atom. The van der Waals surface area contributed by atoms with Crippen molar-refractivity contribution in [1.82, 2.24) is 10.2 Å². The molecule has 1 amide bonds. The average molecular weight is 325 g/mol. The zero-order valence-corrected chi connectivity index (χ0v) is 13.9. The van der Waals surface area contributed by atoms with Gasteiger partial charge in [0.2, 0.25) is 0 Å². The second kappa shape index (κ2) is 5.98. The van der Waals surface area contributed by atoms with Crippen LogP contribution in [0.2, 0.25) is 0 Å². The molecule has 3 fully saturated rings. The summed E-state index contributed by atoms with van der Waals surface area (Å²) in [6, 6.07) is 9.60. The van der Waals surface area contributed by atoms with E-state index in [0.29, 0.717) is 23.1 Å². The highest BCUT2D eigenvalue weighted by Gasteiger charge is 2.35. The van der Waals surface area contributed by atoms with Crippen molar-refractivity contribution in [2.75, 3.05) is 25.4 Å². The van der Waals surface area contributed by atoms with Crippen molar-refractivity contribution in [3.63, 3.8) is 0 Å². The molecule has 0 spiro atoms. The predicted octanol–water partition coefficient (Wildman–Crippen LogP) is 2.66. The number of nitrogens with zero attached hydrogens (tertiary/aromatic N) is 1. The lowest BCUT2D eigenvalue weighted by atomic mass is 9.84. The fourth-order valence-electron chi connectivity index (χ4n) is 3.88. The van der Waals surface area contributed by atoms with Crippen molar-refractivity contribution in [3.05, 3.63) is 41.7 Å². The van der Waals surface area contributed by atoms with Crippen molar-refractivity contribution in [1.29, 1.82) is 0 Å². The second-order valence-electron chi connectivity index (χ2n) is 6.97. The zero-order valence-electron chi connectivity index (χ0n) is 13.9. The molecule has 3 aliphatic heterocycles. The molecule has 3 saturated heterocycles. The molecule has 3 aliphatic rings. The zero-order chi connectivity index (χ0) is 16.7. The predicted molar refractivity (Wildman–Crippen MR) is 93.7 cm³/mol. The number of nitrogens with two attached hydrogens (primary N) is 1. The maximum absolute atomic E-state index is 12.5. The first kappa shape index (κ1) is 15.3. The van der Waals surface area contributed by atoms with Gasteiger partial charge in [-0.2, -0.15) is 0 Å². The summed E-state index contributed by atoms with van der Waals surface area (Å²) in [6.07, 6.45) is 2.35. The van der Waals surface area contributed by atoms with Crippen LogP contribution in [0.3, 0.4) is 0 Å². The van der Waals surface area contributed by atoms with Gasteiger partial charge in [-0.3, -0.25) is 4.79 Å². The summed E-state index contributed by atoms with van der Waals surface area (Å²) in [5.41, 5.74) is 8.65. The minimum absolute atomic E-state index is 0.134. The lowest BCUT2D eigenvalue weighted by Crippen LogP contribution is -2.57. The van der Waals surface area contributed by atoms with E-state index in [2.05, 4.69) is 10.2 Å². The minimum Gasteiger partial charge on any atom is -0.451 e. The van der Waals surface area contributed by atoms with Crippen molar-refractivity contribution in [2.24, 2.45) is 5.92 Å². The highest BCUT2D eigenvalue weighted by atomic mass is 16.3. The molecule has 5 nitrogen and oxygen atoms in total. The van der Waals surface area contributed by atoms with Crippen molar-refractivity contribution in [3.8, 4) is 11.3 Å². The molecule has 1 atom stereocenters. The van der Waals surface area contributed by atoms with Gasteiger partial charge in [0.25, 0.3) is 5.91 Å². The number of anilines is 1. The molecule has 5 rings (SSSR count). The van der Waals surface area contributed by atoms with Gasteiger partial charge in [-0.1, -0.05) is 6.07 Å². The molecule has 0 unspecified atom stereocenters. The Bertz CT molecular complexity index is 760. The fraction of sp³-hybridized carbons (Fsp3) is 0.421. The molecule has 0 saturated carbocycles. The van der Waals surface area contributed by atoms with Gasteiger partial charge in [0.05, 0.1) is 0 Å². The van der Waals surface area contributed by atoms with Gasteiger partial charge in [0, 0.05) is 23.8 Å². The Morgan fingerprint density at radius 1 is 1.25 bits per heavy atom. The number of rotatable bonds is 3. The Kier molecular flexibility index (Phi) is 3.81. The highest BCUT2D eigenvalue weighted by Crippen LogP contribution is 2.30. The maximum Gasteiger partial charge on any atom is 0.287 e. The Morgan fingerprint density at radius 2 is 2.04 bits per heavy atom. The van der Waals surface area contributed by atoms with Gasteiger partial charge >= 0.3 is 0 Å². The Hall–Kier alpha value is -2.27. The van der Waals surface area contributed by atoms with Gasteiger partial charge in [0.15, 0.2) is 5.76 Å². The third kappa shape index (κ3) is 2.80. The van der Waals surface area contributed by atoms with Crippen LogP contribution in [0, 0.1) is 12.8 Å². The van der Waals surface area contributed by atoms with E-state index in [4.69, 9.17) is 10.2 Å². The number of nitrogen functional groups attached to an aromatic ring is 1. The Balaban J connectivity index is 1.49. The molecule has 24 heavy (non-hydrogen) atoms. The van der Waals surface area contributed by atoms with Gasteiger partial charge in [-0.15, -0.1) is 0 Å². The highest BCUT2D eigenvalue weighted by molar-refractivity contribution is 5.92. The third-order valence-electron chi connectivity index (χ3n) is 5.27. The first-order chi connectivity index (χ1) is 11.6. The van der Waals surface area contributed by atoms with Gasteiger partial charge in [-0.25, -0.2) is 0 Å². The van der Waals surface area contributed by atoms with Gasteiger partial charge in [-0.05, 0) is 68.6 Å². The Labute approximate surface area is 141 Å². The third-order valence-corrected chi connectivity index (χ3v) is 5.27. The van der Waals surface area contributed by atoms with E-state index in [0.717, 1.165) is 30.8 Å². The van der Waals surface area contributed by atoms with E-state index >= 15 is 0 Å². The van der Waals surface area contributed by atoms with Crippen LogP contribution in [0.25, 0.3) is 11.3 Å². The largest absolute Gasteiger partial charge is 0.451 e. The lowest BCUT2D eigenvalue weighted by Gasteiger charge is -2.44. The summed E-state index contributed by atoms with van der Waals surface area (Å²) in [6.45, 7) is 5.27. The summed E-state index contributed by atoms with van der Waals surface area (Å²) >= 11 is 0. The van der Waals surface area contributed by atoms with E-state index in [9.17, 15) is 4.79 Å². The summed E-state index contributed by atoms with van der Waals surface area (Å²) in [7, 11) is 0. The van der Waals surface area contributed by atoms with Crippen LogP contribution in [0.4, 0.5) is 5.69 Å². The quantitative estimate of drug-likeness (QED) is 0.851. The minimum atomic E-state index is -0.134.